The first-order valence-corrected chi connectivity index (χ1v) is 8.20. The van der Waals surface area contributed by atoms with Gasteiger partial charge in [-0.3, -0.25) is 4.79 Å². The van der Waals surface area contributed by atoms with Gasteiger partial charge >= 0.3 is 0 Å². The largest absolute Gasteiger partial charge is 0.479 e. The fourth-order valence-corrected chi connectivity index (χ4v) is 2.72. The highest BCUT2D eigenvalue weighted by molar-refractivity contribution is 5.95. The molecular formula is C18H20FN3O3. The molecule has 1 saturated heterocycles. The zero-order valence-electron chi connectivity index (χ0n) is 14.0. The Morgan fingerprint density at radius 3 is 2.96 bits per heavy atom. The number of carbonyl (C=O) groups excluding carboxylic acids is 1. The lowest BCUT2D eigenvalue weighted by Crippen LogP contribution is -2.32. The molecule has 3 rings (SSSR count). The van der Waals surface area contributed by atoms with Crippen LogP contribution < -0.4 is 10.1 Å². The summed E-state index contributed by atoms with van der Waals surface area (Å²) < 4.78 is 23.6. The van der Waals surface area contributed by atoms with E-state index in [4.69, 9.17) is 9.47 Å². The van der Waals surface area contributed by atoms with Gasteiger partial charge in [0, 0.05) is 30.9 Å². The summed E-state index contributed by atoms with van der Waals surface area (Å²) in [5.74, 6) is -0.152. The Balaban J connectivity index is 1.71. The van der Waals surface area contributed by atoms with E-state index in [9.17, 15) is 9.18 Å². The minimum absolute atomic E-state index is 0.126. The molecule has 1 N–H and O–H groups in total. The van der Waals surface area contributed by atoms with Gasteiger partial charge in [0.05, 0.1) is 13.3 Å². The molecule has 1 aromatic carbocycles. The van der Waals surface area contributed by atoms with E-state index in [2.05, 4.69) is 15.3 Å². The molecule has 1 aliphatic heterocycles. The van der Waals surface area contributed by atoms with Gasteiger partial charge in [-0.25, -0.2) is 4.98 Å². The van der Waals surface area contributed by atoms with Gasteiger partial charge in [0.15, 0.2) is 5.82 Å². The molecule has 1 amide bonds. The van der Waals surface area contributed by atoms with Crippen LogP contribution in [0.5, 0.6) is 5.88 Å². The number of rotatable bonds is 5. The second-order valence-corrected chi connectivity index (χ2v) is 5.90. The number of aromatic nitrogens is 2. The van der Waals surface area contributed by atoms with Crippen LogP contribution in [-0.4, -0.2) is 42.7 Å². The van der Waals surface area contributed by atoms with Crippen molar-refractivity contribution in [2.24, 2.45) is 5.92 Å². The molecule has 0 unspecified atom stereocenters. The maximum Gasteiger partial charge on any atom is 0.253 e. The Morgan fingerprint density at radius 2 is 2.20 bits per heavy atom. The minimum Gasteiger partial charge on any atom is -0.479 e. The summed E-state index contributed by atoms with van der Waals surface area (Å²) >= 11 is 0. The van der Waals surface area contributed by atoms with E-state index in [0.717, 1.165) is 32.3 Å². The summed E-state index contributed by atoms with van der Waals surface area (Å²) in [6.45, 7) is 2.13. The first kappa shape index (κ1) is 17.3. The Hall–Kier alpha value is -2.54. The maximum atomic E-state index is 13.4. The zero-order valence-corrected chi connectivity index (χ0v) is 14.0. The van der Waals surface area contributed by atoms with Gasteiger partial charge in [-0.1, -0.05) is 12.1 Å². The van der Waals surface area contributed by atoms with E-state index in [0.29, 0.717) is 29.4 Å². The van der Waals surface area contributed by atoms with Crippen LogP contribution in [0.15, 0.2) is 30.5 Å². The van der Waals surface area contributed by atoms with Crippen LogP contribution in [0.4, 0.5) is 4.39 Å². The molecule has 7 heteroatoms. The van der Waals surface area contributed by atoms with E-state index in [-0.39, 0.29) is 11.8 Å². The fourth-order valence-electron chi connectivity index (χ4n) is 2.72. The lowest BCUT2D eigenvalue weighted by atomic mass is 10.0. The number of carbonyl (C=O) groups is 1. The highest BCUT2D eigenvalue weighted by atomic mass is 19.1. The quantitative estimate of drug-likeness (QED) is 0.901. The van der Waals surface area contributed by atoms with Crippen molar-refractivity contribution in [2.75, 3.05) is 26.9 Å². The van der Waals surface area contributed by atoms with E-state index in [1.807, 2.05) is 0 Å². The van der Waals surface area contributed by atoms with E-state index < -0.39 is 5.82 Å². The summed E-state index contributed by atoms with van der Waals surface area (Å²) in [6.07, 6.45) is 2.98. The first-order valence-electron chi connectivity index (χ1n) is 8.20. The molecule has 0 spiro atoms. The standard InChI is InChI=1S/C18H20FN3O3/c1-24-18-15(19)11-20-16(22-18)13-3-2-4-14(9-13)17(23)21-10-12-5-7-25-8-6-12/h2-4,9,11-12H,5-8,10H2,1H3,(H,21,23). The summed E-state index contributed by atoms with van der Waals surface area (Å²) in [5.41, 5.74) is 1.13. The first-order chi connectivity index (χ1) is 12.2. The van der Waals surface area contributed by atoms with Crippen molar-refractivity contribution >= 4 is 5.91 Å². The van der Waals surface area contributed by atoms with Crippen LogP contribution in [0.25, 0.3) is 11.4 Å². The minimum atomic E-state index is -0.628. The van der Waals surface area contributed by atoms with Crippen LogP contribution in [0.3, 0.4) is 0 Å². The number of nitrogens with zero attached hydrogens (tertiary/aromatic N) is 2. The van der Waals surface area contributed by atoms with Crippen molar-refractivity contribution in [1.29, 1.82) is 0 Å². The maximum absolute atomic E-state index is 13.4. The number of hydrogen-bond acceptors (Lipinski definition) is 5. The molecule has 2 aromatic rings. The highest BCUT2D eigenvalue weighted by Gasteiger charge is 2.16. The Bertz CT molecular complexity index is 748. The topological polar surface area (TPSA) is 73.3 Å². The Labute approximate surface area is 145 Å². The van der Waals surface area contributed by atoms with Crippen LogP contribution in [-0.2, 0) is 4.74 Å². The third-order valence-electron chi connectivity index (χ3n) is 4.18. The zero-order chi connectivity index (χ0) is 17.6. The highest BCUT2D eigenvalue weighted by Crippen LogP contribution is 2.21. The van der Waals surface area contributed by atoms with Crippen molar-refractivity contribution in [2.45, 2.75) is 12.8 Å². The van der Waals surface area contributed by atoms with Gasteiger partial charge in [0.25, 0.3) is 11.8 Å². The summed E-state index contributed by atoms with van der Waals surface area (Å²) in [5, 5.41) is 2.96. The van der Waals surface area contributed by atoms with Gasteiger partial charge in [-0.15, -0.1) is 0 Å². The predicted octanol–water partition coefficient (Wildman–Crippen LogP) is 2.45. The molecule has 0 saturated carbocycles. The molecule has 1 aromatic heterocycles. The SMILES string of the molecule is COc1nc(-c2cccc(C(=O)NCC3CCOCC3)c2)ncc1F. The fraction of sp³-hybridized carbons (Fsp3) is 0.389. The van der Waals surface area contributed by atoms with Crippen molar-refractivity contribution in [3.05, 3.63) is 41.8 Å². The third kappa shape index (κ3) is 4.30. The average Bonchev–Trinajstić information content (AvgIpc) is 2.67. The molecular weight excluding hydrogens is 325 g/mol. The summed E-state index contributed by atoms with van der Waals surface area (Å²) in [7, 11) is 1.34. The number of halogens is 1. The number of amides is 1. The predicted molar refractivity (Wildman–Crippen MR) is 89.9 cm³/mol. The van der Waals surface area contributed by atoms with Crippen molar-refractivity contribution < 1.29 is 18.7 Å². The molecule has 1 fully saturated rings. The number of nitrogens with one attached hydrogen (secondary N) is 1. The lowest BCUT2D eigenvalue weighted by molar-refractivity contribution is 0.0642. The van der Waals surface area contributed by atoms with Gasteiger partial charge in [0.2, 0.25) is 5.82 Å². The lowest BCUT2D eigenvalue weighted by Gasteiger charge is -2.22. The van der Waals surface area contributed by atoms with Crippen molar-refractivity contribution in [3.63, 3.8) is 0 Å². The third-order valence-corrected chi connectivity index (χ3v) is 4.18. The van der Waals surface area contributed by atoms with Crippen LogP contribution >= 0.6 is 0 Å². The summed E-state index contributed by atoms with van der Waals surface area (Å²) in [4.78, 5) is 20.4. The molecule has 0 bridgehead atoms. The normalized spacial score (nSPS) is 15.0. The van der Waals surface area contributed by atoms with E-state index in [1.165, 1.54) is 7.11 Å². The molecule has 132 valence electrons. The molecule has 0 aliphatic carbocycles. The van der Waals surface area contributed by atoms with Crippen LogP contribution in [0, 0.1) is 11.7 Å². The van der Waals surface area contributed by atoms with Gasteiger partial charge in [-0.2, -0.15) is 9.37 Å². The molecule has 6 nitrogen and oxygen atoms in total. The van der Waals surface area contributed by atoms with Crippen molar-refractivity contribution in [3.8, 4) is 17.3 Å². The Kier molecular flexibility index (Phi) is 5.55. The van der Waals surface area contributed by atoms with Crippen molar-refractivity contribution in [1.82, 2.24) is 15.3 Å². The second-order valence-electron chi connectivity index (χ2n) is 5.90. The molecule has 0 atom stereocenters. The van der Waals surface area contributed by atoms with E-state index >= 15 is 0 Å². The Morgan fingerprint density at radius 1 is 1.40 bits per heavy atom. The number of ether oxygens (including phenoxy) is 2. The van der Waals surface area contributed by atoms with Gasteiger partial charge in [0.1, 0.15) is 0 Å². The van der Waals surface area contributed by atoms with Crippen LogP contribution in [0.1, 0.15) is 23.2 Å². The van der Waals surface area contributed by atoms with Gasteiger partial charge < -0.3 is 14.8 Å². The van der Waals surface area contributed by atoms with Crippen LogP contribution in [0.2, 0.25) is 0 Å². The van der Waals surface area contributed by atoms with Gasteiger partial charge in [-0.05, 0) is 30.9 Å². The molecule has 1 aliphatic rings. The summed E-state index contributed by atoms with van der Waals surface area (Å²) in [6, 6.07) is 6.93. The molecule has 0 radical (unpaired) electrons. The number of benzene rings is 1. The molecule has 25 heavy (non-hydrogen) atoms. The monoisotopic (exact) mass is 345 g/mol. The smallest absolute Gasteiger partial charge is 0.253 e. The van der Waals surface area contributed by atoms with E-state index in [1.54, 1.807) is 24.3 Å². The molecule has 2 heterocycles. The number of hydrogen-bond donors (Lipinski definition) is 1. The average molecular weight is 345 g/mol. The second kappa shape index (κ2) is 8.02. The number of methoxy groups -OCH3 is 1.